The van der Waals surface area contributed by atoms with Crippen LogP contribution < -0.4 is 5.32 Å². The van der Waals surface area contributed by atoms with Crippen LogP contribution in [0.25, 0.3) is 10.2 Å². The SMILES string of the molecule is CCc1cc2c(NCC(=O)N3CCN(C(C)=O)CC3)nc(C)nc2s1. The fraction of sp³-hybridized carbons (Fsp3) is 0.529. The van der Waals surface area contributed by atoms with E-state index in [2.05, 4.69) is 28.3 Å². The Morgan fingerprint density at radius 1 is 1.20 bits per heavy atom. The molecule has 0 spiro atoms. The highest BCUT2D eigenvalue weighted by molar-refractivity contribution is 7.18. The van der Waals surface area contributed by atoms with Crippen LogP contribution in [0.3, 0.4) is 0 Å². The van der Waals surface area contributed by atoms with Gasteiger partial charge in [0.15, 0.2) is 0 Å². The second-order valence-electron chi connectivity index (χ2n) is 6.14. The number of nitrogens with zero attached hydrogens (tertiary/aromatic N) is 4. The standard InChI is InChI=1S/C17H23N5O2S/c1-4-13-9-14-16(19-11(2)20-17(14)25-13)18-10-15(24)22-7-5-21(6-8-22)12(3)23/h9H,4-8,10H2,1-3H3,(H,18,19,20). The largest absolute Gasteiger partial charge is 0.360 e. The third kappa shape index (κ3) is 3.89. The summed E-state index contributed by atoms with van der Waals surface area (Å²) in [5, 5.41) is 4.15. The van der Waals surface area contributed by atoms with Crippen LogP contribution in [0.2, 0.25) is 0 Å². The number of anilines is 1. The molecule has 0 atom stereocenters. The molecule has 0 unspecified atom stereocenters. The maximum Gasteiger partial charge on any atom is 0.242 e. The number of hydrogen-bond donors (Lipinski definition) is 1. The Bertz CT molecular complexity index is 796. The Morgan fingerprint density at radius 3 is 2.52 bits per heavy atom. The van der Waals surface area contributed by atoms with Gasteiger partial charge in [0.1, 0.15) is 16.5 Å². The molecule has 0 aliphatic carbocycles. The zero-order chi connectivity index (χ0) is 18.0. The van der Waals surface area contributed by atoms with Gasteiger partial charge in [-0.25, -0.2) is 9.97 Å². The first-order valence-corrected chi connectivity index (χ1v) is 9.33. The smallest absolute Gasteiger partial charge is 0.242 e. The Balaban J connectivity index is 1.65. The van der Waals surface area contributed by atoms with Crippen LogP contribution in [0.5, 0.6) is 0 Å². The van der Waals surface area contributed by atoms with Gasteiger partial charge in [0, 0.05) is 38.0 Å². The molecule has 1 N–H and O–H groups in total. The normalized spacial score (nSPS) is 14.8. The number of rotatable bonds is 4. The van der Waals surface area contributed by atoms with Gasteiger partial charge >= 0.3 is 0 Å². The summed E-state index contributed by atoms with van der Waals surface area (Å²) in [6.07, 6.45) is 0.957. The molecule has 1 aliphatic rings. The maximum atomic E-state index is 12.4. The molecule has 134 valence electrons. The van der Waals surface area contributed by atoms with Crippen molar-refractivity contribution >= 4 is 39.2 Å². The Labute approximate surface area is 151 Å². The number of thiophene rings is 1. The van der Waals surface area contributed by atoms with Crippen LogP contribution >= 0.6 is 11.3 Å². The highest BCUT2D eigenvalue weighted by Crippen LogP contribution is 2.29. The van der Waals surface area contributed by atoms with Crippen molar-refractivity contribution in [2.75, 3.05) is 38.0 Å². The molecule has 2 aromatic rings. The summed E-state index contributed by atoms with van der Waals surface area (Å²) in [5.74, 6) is 1.50. The molecule has 2 amide bonds. The number of aromatic nitrogens is 2. The highest BCUT2D eigenvalue weighted by Gasteiger charge is 2.22. The van der Waals surface area contributed by atoms with E-state index >= 15 is 0 Å². The topological polar surface area (TPSA) is 78.4 Å². The fourth-order valence-electron chi connectivity index (χ4n) is 2.93. The molecule has 0 bridgehead atoms. The Hall–Kier alpha value is -2.22. The fourth-order valence-corrected chi connectivity index (χ4v) is 3.94. The highest BCUT2D eigenvalue weighted by atomic mass is 32.1. The number of nitrogens with one attached hydrogen (secondary N) is 1. The Kier molecular flexibility index (Phi) is 5.17. The Morgan fingerprint density at radius 2 is 1.88 bits per heavy atom. The van der Waals surface area contributed by atoms with Crippen molar-refractivity contribution in [1.82, 2.24) is 19.8 Å². The molecule has 25 heavy (non-hydrogen) atoms. The molecule has 0 saturated carbocycles. The third-order valence-corrected chi connectivity index (χ3v) is 5.56. The van der Waals surface area contributed by atoms with E-state index < -0.39 is 0 Å². The summed E-state index contributed by atoms with van der Waals surface area (Å²) in [4.78, 5) is 38.5. The molecular formula is C17H23N5O2S. The number of aryl methyl sites for hydroxylation is 2. The number of carbonyl (C=O) groups is 2. The summed E-state index contributed by atoms with van der Waals surface area (Å²) < 4.78 is 0. The van der Waals surface area contributed by atoms with Crippen molar-refractivity contribution in [3.8, 4) is 0 Å². The third-order valence-electron chi connectivity index (χ3n) is 4.39. The first-order chi connectivity index (χ1) is 12.0. The molecule has 3 heterocycles. The monoisotopic (exact) mass is 361 g/mol. The lowest BCUT2D eigenvalue weighted by Gasteiger charge is -2.34. The quantitative estimate of drug-likeness (QED) is 0.896. The van der Waals surface area contributed by atoms with Crippen molar-refractivity contribution in [3.63, 3.8) is 0 Å². The molecule has 1 fully saturated rings. The van der Waals surface area contributed by atoms with Gasteiger partial charge in [0.05, 0.1) is 11.9 Å². The van der Waals surface area contributed by atoms with Crippen LogP contribution in [0.4, 0.5) is 5.82 Å². The zero-order valence-corrected chi connectivity index (χ0v) is 15.7. The first kappa shape index (κ1) is 17.6. The second kappa shape index (κ2) is 7.35. The number of hydrogen-bond acceptors (Lipinski definition) is 6. The van der Waals surface area contributed by atoms with Crippen molar-refractivity contribution in [2.24, 2.45) is 0 Å². The number of amides is 2. The van der Waals surface area contributed by atoms with Gasteiger partial charge in [-0.2, -0.15) is 0 Å². The van der Waals surface area contributed by atoms with Crippen LogP contribution in [-0.4, -0.2) is 64.3 Å². The van der Waals surface area contributed by atoms with Crippen LogP contribution in [-0.2, 0) is 16.0 Å². The minimum Gasteiger partial charge on any atom is -0.360 e. The van der Waals surface area contributed by atoms with Gasteiger partial charge in [-0.05, 0) is 19.4 Å². The summed E-state index contributed by atoms with van der Waals surface area (Å²) in [6.45, 7) is 8.09. The van der Waals surface area contributed by atoms with E-state index in [-0.39, 0.29) is 18.4 Å². The number of carbonyl (C=O) groups excluding carboxylic acids is 2. The van der Waals surface area contributed by atoms with Crippen molar-refractivity contribution < 1.29 is 9.59 Å². The molecule has 0 radical (unpaired) electrons. The minimum absolute atomic E-state index is 0.0264. The van der Waals surface area contributed by atoms with E-state index in [0.717, 1.165) is 16.6 Å². The van der Waals surface area contributed by atoms with Gasteiger partial charge in [0.25, 0.3) is 0 Å². The summed E-state index contributed by atoms with van der Waals surface area (Å²) in [5.41, 5.74) is 0. The lowest BCUT2D eigenvalue weighted by atomic mass is 10.3. The van der Waals surface area contributed by atoms with Gasteiger partial charge in [-0.3, -0.25) is 9.59 Å². The van der Waals surface area contributed by atoms with Gasteiger partial charge in [-0.1, -0.05) is 6.92 Å². The molecule has 3 rings (SSSR count). The first-order valence-electron chi connectivity index (χ1n) is 8.52. The van der Waals surface area contributed by atoms with Crippen LogP contribution in [0.1, 0.15) is 24.5 Å². The zero-order valence-electron chi connectivity index (χ0n) is 14.8. The molecule has 7 nitrogen and oxygen atoms in total. The molecule has 1 saturated heterocycles. The van der Waals surface area contributed by atoms with E-state index in [4.69, 9.17) is 0 Å². The van der Waals surface area contributed by atoms with Crippen molar-refractivity contribution in [3.05, 3.63) is 16.8 Å². The van der Waals surface area contributed by atoms with Gasteiger partial charge in [0.2, 0.25) is 11.8 Å². The minimum atomic E-state index is 0.0264. The predicted molar refractivity (Wildman–Crippen MR) is 98.9 cm³/mol. The van der Waals surface area contributed by atoms with E-state index in [0.29, 0.717) is 37.8 Å². The van der Waals surface area contributed by atoms with E-state index in [1.807, 2.05) is 6.92 Å². The van der Waals surface area contributed by atoms with Gasteiger partial charge in [-0.15, -0.1) is 11.3 Å². The molecule has 1 aliphatic heterocycles. The molecular weight excluding hydrogens is 338 g/mol. The van der Waals surface area contributed by atoms with Crippen LogP contribution in [0.15, 0.2) is 6.07 Å². The summed E-state index contributed by atoms with van der Waals surface area (Å²) >= 11 is 1.67. The van der Waals surface area contributed by atoms with Crippen molar-refractivity contribution in [1.29, 1.82) is 0 Å². The van der Waals surface area contributed by atoms with Crippen molar-refractivity contribution in [2.45, 2.75) is 27.2 Å². The lowest BCUT2D eigenvalue weighted by Crippen LogP contribution is -2.51. The lowest BCUT2D eigenvalue weighted by molar-refractivity contribution is -0.137. The average molecular weight is 361 g/mol. The van der Waals surface area contributed by atoms with E-state index in [1.165, 1.54) is 4.88 Å². The molecule has 0 aromatic carbocycles. The second-order valence-corrected chi connectivity index (χ2v) is 7.26. The number of piperazine rings is 1. The van der Waals surface area contributed by atoms with E-state index in [1.54, 1.807) is 28.1 Å². The summed E-state index contributed by atoms with van der Waals surface area (Å²) in [7, 11) is 0. The number of fused-ring (bicyclic) bond motifs is 1. The molecule has 2 aromatic heterocycles. The van der Waals surface area contributed by atoms with E-state index in [9.17, 15) is 9.59 Å². The molecule has 8 heteroatoms. The summed E-state index contributed by atoms with van der Waals surface area (Å²) in [6, 6.07) is 2.10. The van der Waals surface area contributed by atoms with Gasteiger partial charge < -0.3 is 15.1 Å². The maximum absolute atomic E-state index is 12.4. The van der Waals surface area contributed by atoms with Crippen LogP contribution in [0, 0.1) is 6.92 Å². The predicted octanol–water partition coefficient (Wildman–Crippen LogP) is 1.66. The average Bonchev–Trinajstić information content (AvgIpc) is 3.02.